The van der Waals surface area contributed by atoms with Crippen molar-refractivity contribution in [3.63, 3.8) is 0 Å². The van der Waals surface area contributed by atoms with Gasteiger partial charge < -0.3 is 9.42 Å². The van der Waals surface area contributed by atoms with Crippen molar-refractivity contribution in [1.29, 1.82) is 0 Å². The smallest absolute Gasteiger partial charge is 0.243 e. The van der Waals surface area contributed by atoms with Gasteiger partial charge in [0.1, 0.15) is 12.1 Å². The number of aryl methyl sites for hydroxylation is 2. The molecule has 4 rings (SSSR count). The maximum Gasteiger partial charge on any atom is 0.243 e. The monoisotopic (exact) mass is 352 g/mol. The summed E-state index contributed by atoms with van der Waals surface area (Å²) in [5.41, 5.74) is 2.22. The Hall–Kier alpha value is -2.54. The summed E-state index contributed by atoms with van der Waals surface area (Å²) in [6.07, 6.45) is 2.46. The summed E-state index contributed by atoms with van der Waals surface area (Å²) in [5, 5.41) is 5.14. The van der Waals surface area contributed by atoms with E-state index in [2.05, 4.69) is 62.0 Å². The SMILES string of the molecule is CCc1noc(C(C)N2CCN(c3ncnc4ccc(C)cc34)CC2)n1. The van der Waals surface area contributed by atoms with Crippen molar-refractivity contribution >= 4 is 16.7 Å². The van der Waals surface area contributed by atoms with Crippen molar-refractivity contribution in [1.82, 2.24) is 25.0 Å². The van der Waals surface area contributed by atoms with E-state index in [9.17, 15) is 0 Å². The lowest BCUT2D eigenvalue weighted by Gasteiger charge is -2.37. The number of piperazine rings is 1. The number of rotatable bonds is 4. The summed E-state index contributed by atoms with van der Waals surface area (Å²) in [6, 6.07) is 6.46. The Morgan fingerprint density at radius 1 is 1.15 bits per heavy atom. The largest absolute Gasteiger partial charge is 0.353 e. The average molecular weight is 352 g/mol. The van der Waals surface area contributed by atoms with Crippen molar-refractivity contribution in [3.05, 3.63) is 41.8 Å². The molecule has 1 aliphatic heterocycles. The minimum Gasteiger partial charge on any atom is -0.353 e. The Balaban J connectivity index is 1.49. The fraction of sp³-hybridized carbons (Fsp3) is 0.474. The van der Waals surface area contributed by atoms with E-state index in [1.807, 2.05) is 6.92 Å². The highest BCUT2D eigenvalue weighted by atomic mass is 16.5. The number of aromatic nitrogens is 4. The van der Waals surface area contributed by atoms with Crippen molar-refractivity contribution in [2.75, 3.05) is 31.1 Å². The van der Waals surface area contributed by atoms with E-state index in [1.165, 1.54) is 5.56 Å². The molecule has 0 amide bonds. The van der Waals surface area contributed by atoms with E-state index in [4.69, 9.17) is 4.52 Å². The third-order valence-electron chi connectivity index (χ3n) is 5.09. The van der Waals surface area contributed by atoms with Gasteiger partial charge in [-0.05, 0) is 26.0 Å². The van der Waals surface area contributed by atoms with Crippen LogP contribution in [0, 0.1) is 6.92 Å². The maximum atomic E-state index is 5.42. The minimum atomic E-state index is 0.134. The fourth-order valence-corrected chi connectivity index (χ4v) is 3.47. The van der Waals surface area contributed by atoms with Gasteiger partial charge in [-0.2, -0.15) is 4.98 Å². The number of benzene rings is 1. The third kappa shape index (κ3) is 3.14. The molecule has 0 N–H and O–H groups in total. The molecule has 0 aliphatic carbocycles. The quantitative estimate of drug-likeness (QED) is 0.715. The molecule has 1 aliphatic rings. The highest BCUT2D eigenvalue weighted by molar-refractivity contribution is 5.89. The molecular formula is C19H24N6O. The molecule has 2 aromatic heterocycles. The van der Waals surface area contributed by atoms with Gasteiger partial charge in [-0.25, -0.2) is 9.97 Å². The van der Waals surface area contributed by atoms with Crippen LogP contribution < -0.4 is 4.90 Å². The molecule has 7 nitrogen and oxygen atoms in total. The Kier molecular flexibility index (Phi) is 4.55. The third-order valence-corrected chi connectivity index (χ3v) is 5.09. The number of hydrogen-bond donors (Lipinski definition) is 0. The predicted octanol–water partition coefficient (Wildman–Crippen LogP) is 2.77. The molecule has 1 saturated heterocycles. The summed E-state index contributed by atoms with van der Waals surface area (Å²) in [5.74, 6) is 2.50. The second-order valence-electron chi connectivity index (χ2n) is 6.82. The van der Waals surface area contributed by atoms with Crippen LogP contribution in [0.15, 0.2) is 29.0 Å². The summed E-state index contributed by atoms with van der Waals surface area (Å²) < 4.78 is 5.42. The van der Waals surface area contributed by atoms with Gasteiger partial charge in [-0.3, -0.25) is 4.90 Å². The van der Waals surface area contributed by atoms with Gasteiger partial charge in [0.15, 0.2) is 5.82 Å². The molecule has 3 heterocycles. The first kappa shape index (κ1) is 16.9. The number of nitrogens with zero attached hydrogens (tertiary/aromatic N) is 6. The van der Waals surface area contributed by atoms with Crippen LogP contribution in [0.25, 0.3) is 10.9 Å². The molecule has 136 valence electrons. The molecule has 0 bridgehead atoms. The first-order valence-electron chi connectivity index (χ1n) is 9.18. The summed E-state index contributed by atoms with van der Waals surface area (Å²) in [4.78, 5) is 18.2. The number of hydrogen-bond acceptors (Lipinski definition) is 7. The maximum absolute atomic E-state index is 5.42. The first-order chi connectivity index (χ1) is 12.7. The topological polar surface area (TPSA) is 71.2 Å². The van der Waals surface area contributed by atoms with Gasteiger partial charge >= 0.3 is 0 Å². The van der Waals surface area contributed by atoms with E-state index in [0.29, 0.717) is 5.89 Å². The molecule has 1 atom stereocenters. The van der Waals surface area contributed by atoms with Crippen LogP contribution in [-0.4, -0.2) is 51.2 Å². The highest BCUT2D eigenvalue weighted by Crippen LogP contribution is 2.27. The summed E-state index contributed by atoms with van der Waals surface area (Å²) in [7, 11) is 0. The van der Waals surface area contributed by atoms with Crippen molar-refractivity contribution in [2.45, 2.75) is 33.2 Å². The normalized spacial score (nSPS) is 17.0. The molecule has 0 saturated carbocycles. The van der Waals surface area contributed by atoms with Gasteiger partial charge in [-0.15, -0.1) is 0 Å². The van der Waals surface area contributed by atoms with Crippen LogP contribution in [-0.2, 0) is 6.42 Å². The summed E-state index contributed by atoms with van der Waals surface area (Å²) in [6.45, 7) is 9.96. The standard InChI is InChI=1S/C19H24N6O/c1-4-17-22-19(26-23-17)14(3)24-7-9-25(10-8-24)18-15-11-13(2)5-6-16(15)20-12-21-18/h5-6,11-12,14H,4,7-10H2,1-3H3. The van der Waals surface area contributed by atoms with Gasteiger partial charge in [0.2, 0.25) is 5.89 Å². The van der Waals surface area contributed by atoms with E-state index >= 15 is 0 Å². The molecule has 0 radical (unpaired) electrons. The van der Waals surface area contributed by atoms with Crippen molar-refractivity contribution in [3.8, 4) is 0 Å². The van der Waals surface area contributed by atoms with Crippen LogP contribution in [0.4, 0.5) is 5.82 Å². The Morgan fingerprint density at radius 3 is 2.69 bits per heavy atom. The molecule has 0 spiro atoms. The van der Waals surface area contributed by atoms with Crippen molar-refractivity contribution < 1.29 is 4.52 Å². The molecule has 1 aromatic carbocycles. The second kappa shape index (κ2) is 6.99. The molecule has 26 heavy (non-hydrogen) atoms. The highest BCUT2D eigenvalue weighted by Gasteiger charge is 2.26. The van der Waals surface area contributed by atoms with Crippen LogP contribution in [0.1, 0.15) is 37.2 Å². The molecule has 1 fully saturated rings. The molecule has 3 aromatic rings. The van der Waals surface area contributed by atoms with Gasteiger partial charge in [0.25, 0.3) is 0 Å². The lowest BCUT2D eigenvalue weighted by atomic mass is 10.1. The zero-order chi connectivity index (χ0) is 18.1. The zero-order valence-corrected chi connectivity index (χ0v) is 15.5. The zero-order valence-electron chi connectivity index (χ0n) is 15.5. The Labute approximate surface area is 153 Å². The van der Waals surface area contributed by atoms with Crippen molar-refractivity contribution in [2.24, 2.45) is 0 Å². The second-order valence-corrected chi connectivity index (χ2v) is 6.82. The number of anilines is 1. The molecular weight excluding hydrogens is 328 g/mol. The minimum absolute atomic E-state index is 0.134. The van der Waals surface area contributed by atoms with Gasteiger partial charge in [-0.1, -0.05) is 23.7 Å². The van der Waals surface area contributed by atoms with Crippen LogP contribution in [0.3, 0.4) is 0 Å². The average Bonchev–Trinajstić information content (AvgIpc) is 3.16. The van der Waals surface area contributed by atoms with Crippen LogP contribution in [0.5, 0.6) is 0 Å². The van der Waals surface area contributed by atoms with Crippen LogP contribution in [0.2, 0.25) is 0 Å². The number of fused-ring (bicyclic) bond motifs is 1. The molecule has 1 unspecified atom stereocenters. The van der Waals surface area contributed by atoms with Crippen LogP contribution >= 0.6 is 0 Å². The molecule has 7 heteroatoms. The van der Waals surface area contributed by atoms with E-state index in [0.717, 1.165) is 55.1 Å². The van der Waals surface area contributed by atoms with E-state index in [1.54, 1.807) is 6.33 Å². The first-order valence-corrected chi connectivity index (χ1v) is 9.18. The van der Waals surface area contributed by atoms with E-state index < -0.39 is 0 Å². The van der Waals surface area contributed by atoms with Gasteiger partial charge in [0, 0.05) is 38.0 Å². The van der Waals surface area contributed by atoms with Gasteiger partial charge in [0.05, 0.1) is 11.6 Å². The van der Waals surface area contributed by atoms with E-state index in [-0.39, 0.29) is 6.04 Å². The predicted molar refractivity (Wildman–Crippen MR) is 100 cm³/mol. The Morgan fingerprint density at radius 2 is 1.96 bits per heavy atom. The Bertz CT molecular complexity index is 900. The fourth-order valence-electron chi connectivity index (χ4n) is 3.47. The lowest BCUT2D eigenvalue weighted by molar-refractivity contribution is 0.164. The lowest BCUT2D eigenvalue weighted by Crippen LogP contribution is -2.47. The summed E-state index contributed by atoms with van der Waals surface area (Å²) >= 11 is 0.